The van der Waals surface area contributed by atoms with Crippen LogP contribution in [0.25, 0.3) is 11.1 Å². The Morgan fingerprint density at radius 3 is 2.22 bits per heavy atom. The summed E-state index contributed by atoms with van der Waals surface area (Å²) in [6.45, 7) is 1.65. The van der Waals surface area contributed by atoms with Crippen LogP contribution >= 0.6 is 0 Å². The zero-order valence-electron chi connectivity index (χ0n) is 10.1. The highest BCUT2D eigenvalue weighted by Gasteiger charge is 2.07. The number of pyridine rings is 1. The van der Waals surface area contributed by atoms with Crippen molar-refractivity contribution in [3.8, 4) is 11.1 Å². The highest BCUT2D eigenvalue weighted by Crippen LogP contribution is 2.20. The quantitative estimate of drug-likeness (QED) is 0.864. The Hall–Kier alpha value is -2.20. The predicted octanol–water partition coefficient (Wildman–Crippen LogP) is 2.03. The first-order chi connectivity index (χ1) is 8.66. The summed E-state index contributed by atoms with van der Waals surface area (Å²) in [5.41, 5.74) is 8.40. The van der Waals surface area contributed by atoms with Gasteiger partial charge in [0.1, 0.15) is 0 Å². The molecule has 0 spiro atoms. The average Bonchev–Trinajstić information content (AvgIpc) is 2.40. The Bertz CT molecular complexity index is 520. The van der Waals surface area contributed by atoms with Gasteiger partial charge in [-0.25, -0.2) is 0 Å². The van der Waals surface area contributed by atoms with Gasteiger partial charge in [-0.15, -0.1) is 0 Å². The van der Waals surface area contributed by atoms with Crippen LogP contribution < -0.4 is 11.1 Å². The molecule has 1 aromatic carbocycles. The first-order valence-electron chi connectivity index (χ1n) is 5.74. The number of nitrogens with two attached hydrogens (primary N) is 1. The maximum atomic E-state index is 11.4. The van der Waals surface area contributed by atoms with Crippen molar-refractivity contribution in [2.24, 2.45) is 5.73 Å². The topological polar surface area (TPSA) is 68.0 Å². The van der Waals surface area contributed by atoms with Gasteiger partial charge in [0.25, 0.3) is 0 Å². The molecule has 0 bridgehead atoms. The van der Waals surface area contributed by atoms with Gasteiger partial charge in [0, 0.05) is 18.1 Å². The van der Waals surface area contributed by atoms with Crippen LogP contribution in [-0.2, 0) is 4.79 Å². The van der Waals surface area contributed by atoms with Crippen molar-refractivity contribution >= 4 is 11.6 Å². The molecule has 1 aromatic heterocycles. The Labute approximate surface area is 106 Å². The van der Waals surface area contributed by atoms with Crippen molar-refractivity contribution in [3.63, 3.8) is 0 Å². The van der Waals surface area contributed by atoms with Gasteiger partial charge in [0.05, 0.1) is 6.04 Å². The molecule has 1 atom stereocenters. The van der Waals surface area contributed by atoms with Crippen LogP contribution in [0, 0.1) is 0 Å². The number of carbonyl (C=O) groups is 1. The van der Waals surface area contributed by atoms with Gasteiger partial charge in [-0.2, -0.15) is 0 Å². The van der Waals surface area contributed by atoms with Gasteiger partial charge in [0.15, 0.2) is 0 Å². The van der Waals surface area contributed by atoms with Gasteiger partial charge < -0.3 is 11.1 Å². The SMILES string of the molecule is C[C@@H](N)C(=O)Nc1ccc(-c2ccncc2)cc1. The first kappa shape index (κ1) is 12.3. The Kier molecular flexibility index (Phi) is 3.69. The number of nitrogens with zero attached hydrogens (tertiary/aromatic N) is 1. The molecule has 92 valence electrons. The van der Waals surface area contributed by atoms with E-state index >= 15 is 0 Å². The average molecular weight is 241 g/mol. The molecule has 2 aromatic rings. The minimum Gasteiger partial charge on any atom is -0.325 e. The van der Waals surface area contributed by atoms with E-state index in [2.05, 4.69) is 10.3 Å². The Morgan fingerprint density at radius 1 is 1.11 bits per heavy atom. The molecule has 18 heavy (non-hydrogen) atoms. The zero-order chi connectivity index (χ0) is 13.0. The van der Waals surface area contributed by atoms with E-state index in [9.17, 15) is 4.79 Å². The van der Waals surface area contributed by atoms with Crippen LogP contribution in [0.3, 0.4) is 0 Å². The number of benzene rings is 1. The minimum atomic E-state index is -0.509. The molecule has 0 aliphatic heterocycles. The third-order valence-corrected chi connectivity index (χ3v) is 2.58. The molecule has 3 N–H and O–H groups in total. The largest absolute Gasteiger partial charge is 0.325 e. The third-order valence-electron chi connectivity index (χ3n) is 2.58. The van der Waals surface area contributed by atoms with E-state index < -0.39 is 6.04 Å². The maximum absolute atomic E-state index is 11.4. The van der Waals surface area contributed by atoms with E-state index in [1.807, 2.05) is 36.4 Å². The summed E-state index contributed by atoms with van der Waals surface area (Å²) in [7, 11) is 0. The Balaban J connectivity index is 2.13. The monoisotopic (exact) mass is 241 g/mol. The molecule has 0 aliphatic rings. The maximum Gasteiger partial charge on any atom is 0.240 e. The lowest BCUT2D eigenvalue weighted by Crippen LogP contribution is -2.32. The number of carbonyl (C=O) groups excluding carboxylic acids is 1. The summed E-state index contributed by atoms with van der Waals surface area (Å²) in [5, 5.41) is 2.74. The second kappa shape index (κ2) is 5.42. The summed E-state index contributed by atoms with van der Waals surface area (Å²) in [6.07, 6.45) is 3.50. The van der Waals surface area contributed by atoms with Crippen LogP contribution in [0.4, 0.5) is 5.69 Å². The number of aromatic nitrogens is 1. The van der Waals surface area contributed by atoms with Crippen LogP contribution in [0.1, 0.15) is 6.92 Å². The summed E-state index contributed by atoms with van der Waals surface area (Å²) in [6, 6.07) is 11.0. The molecule has 0 unspecified atom stereocenters. The fraction of sp³-hybridized carbons (Fsp3) is 0.143. The summed E-state index contributed by atoms with van der Waals surface area (Å²) in [5.74, 6) is -0.188. The standard InChI is InChI=1S/C14H15N3O/c1-10(15)14(18)17-13-4-2-11(3-5-13)12-6-8-16-9-7-12/h2-10H,15H2,1H3,(H,17,18)/t10-/m1/s1. The fourth-order valence-electron chi connectivity index (χ4n) is 1.55. The summed E-state index contributed by atoms with van der Waals surface area (Å²) in [4.78, 5) is 15.4. The predicted molar refractivity (Wildman–Crippen MR) is 72.0 cm³/mol. The van der Waals surface area contributed by atoms with E-state index in [0.29, 0.717) is 0 Å². The Morgan fingerprint density at radius 2 is 1.67 bits per heavy atom. The number of rotatable bonds is 3. The lowest BCUT2D eigenvalue weighted by molar-refractivity contribution is -0.117. The lowest BCUT2D eigenvalue weighted by Gasteiger charge is -2.08. The van der Waals surface area contributed by atoms with Crippen molar-refractivity contribution in [2.45, 2.75) is 13.0 Å². The molecule has 1 heterocycles. The second-order valence-electron chi connectivity index (χ2n) is 4.09. The van der Waals surface area contributed by atoms with Crippen molar-refractivity contribution < 1.29 is 4.79 Å². The minimum absolute atomic E-state index is 0.188. The molecule has 4 heteroatoms. The van der Waals surface area contributed by atoms with Crippen LogP contribution in [-0.4, -0.2) is 16.9 Å². The molecule has 0 saturated heterocycles. The van der Waals surface area contributed by atoms with Crippen molar-refractivity contribution in [1.29, 1.82) is 0 Å². The molecule has 2 rings (SSSR count). The van der Waals surface area contributed by atoms with E-state index in [0.717, 1.165) is 16.8 Å². The van der Waals surface area contributed by atoms with E-state index in [4.69, 9.17) is 5.73 Å². The summed E-state index contributed by atoms with van der Waals surface area (Å²) >= 11 is 0. The molecule has 0 radical (unpaired) electrons. The van der Waals surface area contributed by atoms with Crippen molar-refractivity contribution in [3.05, 3.63) is 48.8 Å². The number of amides is 1. The molecule has 0 fully saturated rings. The van der Waals surface area contributed by atoms with Crippen LogP contribution in [0.2, 0.25) is 0 Å². The molecule has 0 aliphatic carbocycles. The number of nitrogens with one attached hydrogen (secondary N) is 1. The van der Waals surface area contributed by atoms with Gasteiger partial charge in [0.2, 0.25) is 5.91 Å². The molecule has 4 nitrogen and oxygen atoms in total. The molecule has 1 amide bonds. The van der Waals surface area contributed by atoms with Crippen molar-refractivity contribution in [1.82, 2.24) is 4.98 Å². The van der Waals surface area contributed by atoms with Crippen molar-refractivity contribution in [2.75, 3.05) is 5.32 Å². The van der Waals surface area contributed by atoms with Gasteiger partial charge in [-0.1, -0.05) is 12.1 Å². The van der Waals surface area contributed by atoms with Gasteiger partial charge >= 0.3 is 0 Å². The lowest BCUT2D eigenvalue weighted by atomic mass is 10.1. The number of hydrogen-bond acceptors (Lipinski definition) is 3. The zero-order valence-corrected chi connectivity index (χ0v) is 10.1. The van der Waals surface area contributed by atoms with Gasteiger partial charge in [-0.05, 0) is 42.3 Å². The second-order valence-corrected chi connectivity index (χ2v) is 4.09. The number of hydrogen-bond donors (Lipinski definition) is 2. The number of anilines is 1. The molecule has 0 saturated carbocycles. The highest BCUT2D eigenvalue weighted by molar-refractivity contribution is 5.94. The summed E-state index contributed by atoms with van der Waals surface area (Å²) < 4.78 is 0. The normalized spacial score (nSPS) is 11.9. The van der Waals surface area contributed by atoms with E-state index in [-0.39, 0.29) is 5.91 Å². The van der Waals surface area contributed by atoms with E-state index in [1.165, 1.54) is 0 Å². The molecular weight excluding hydrogens is 226 g/mol. The highest BCUT2D eigenvalue weighted by atomic mass is 16.2. The smallest absolute Gasteiger partial charge is 0.240 e. The van der Waals surface area contributed by atoms with Crippen LogP contribution in [0.5, 0.6) is 0 Å². The fourth-order valence-corrected chi connectivity index (χ4v) is 1.55. The molecular formula is C14H15N3O. The van der Waals surface area contributed by atoms with E-state index in [1.54, 1.807) is 19.3 Å². The third kappa shape index (κ3) is 2.93. The first-order valence-corrected chi connectivity index (χ1v) is 5.74. The van der Waals surface area contributed by atoms with Crippen LogP contribution in [0.15, 0.2) is 48.8 Å². The van der Waals surface area contributed by atoms with Gasteiger partial charge in [-0.3, -0.25) is 9.78 Å².